The molecule has 1 unspecified atom stereocenters. The Morgan fingerprint density at radius 1 is 1.32 bits per heavy atom. The minimum Gasteiger partial charge on any atom is -0.481 e. The number of carboxylic acid groups (broad SMARTS) is 1. The number of aliphatic hydroxyl groups is 1. The van der Waals surface area contributed by atoms with Crippen molar-refractivity contribution in [3.63, 3.8) is 0 Å². The third-order valence-electron chi connectivity index (χ3n) is 3.87. The van der Waals surface area contributed by atoms with Crippen LogP contribution in [0.1, 0.15) is 31.2 Å². The lowest BCUT2D eigenvalue weighted by Crippen LogP contribution is -2.44. The summed E-state index contributed by atoms with van der Waals surface area (Å²) in [5, 5.41) is 19.3. The Morgan fingerprint density at radius 2 is 1.89 bits per heavy atom. The predicted octanol–water partition coefficient (Wildman–Crippen LogP) is 1.70. The van der Waals surface area contributed by atoms with Gasteiger partial charge in [-0.15, -0.1) is 0 Å². The van der Waals surface area contributed by atoms with Crippen LogP contribution in [0.5, 0.6) is 0 Å². The van der Waals surface area contributed by atoms with Gasteiger partial charge in [0.2, 0.25) is 0 Å². The van der Waals surface area contributed by atoms with E-state index in [1.54, 1.807) is 0 Å². The fourth-order valence-corrected chi connectivity index (χ4v) is 2.49. The summed E-state index contributed by atoms with van der Waals surface area (Å²) in [6.07, 6.45) is 1.41. The average molecular weight is 263 g/mol. The van der Waals surface area contributed by atoms with E-state index in [1.165, 1.54) is 0 Å². The highest BCUT2D eigenvalue weighted by atomic mass is 16.4. The van der Waals surface area contributed by atoms with Crippen LogP contribution in [-0.2, 0) is 4.79 Å². The first kappa shape index (κ1) is 14.0. The molecule has 0 saturated carbocycles. The van der Waals surface area contributed by atoms with Gasteiger partial charge in [0.05, 0.1) is 11.5 Å². The van der Waals surface area contributed by atoms with Crippen molar-refractivity contribution in [2.24, 2.45) is 0 Å². The summed E-state index contributed by atoms with van der Waals surface area (Å²) in [4.78, 5) is 13.6. The zero-order valence-electron chi connectivity index (χ0n) is 11.2. The largest absolute Gasteiger partial charge is 0.481 e. The van der Waals surface area contributed by atoms with Crippen molar-refractivity contribution >= 4 is 5.97 Å². The SMILES string of the molecule is CC1(O)CCN(CC(C(=O)O)c2ccccc2)CC1. The maximum Gasteiger partial charge on any atom is 0.312 e. The zero-order chi connectivity index (χ0) is 13.9. The van der Waals surface area contributed by atoms with Crippen LogP contribution in [0, 0.1) is 0 Å². The van der Waals surface area contributed by atoms with Crippen LogP contribution in [0.4, 0.5) is 0 Å². The fraction of sp³-hybridized carbons (Fsp3) is 0.533. The first-order chi connectivity index (χ1) is 8.98. The molecule has 1 saturated heterocycles. The Morgan fingerprint density at radius 3 is 2.42 bits per heavy atom. The molecule has 4 nitrogen and oxygen atoms in total. The highest BCUT2D eigenvalue weighted by Gasteiger charge is 2.30. The van der Waals surface area contributed by atoms with Gasteiger partial charge in [-0.2, -0.15) is 0 Å². The predicted molar refractivity (Wildman–Crippen MR) is 73.1 cm³/mol. The molecule has 104 valence electrons. The standard InChI is InChI=1S/C15H21NO3/c1-15(19)7-9-16(10-8-15)11-13(14(17)18)12-5-3-2-4-6-12/h2-6,13,19H,7-11H2,1H3,(H,17,18). The Balaban J connectivity index is 2.01. The van der Waals surface area contributed by atoms with Crippen molar-refractivity contribution in [2.75, 3.05) is 19.6 Å². The van der Waals surface area contributed by atoms with E-state index in [4.69, 9.17) is 0 Å². The molecule has 0 amide bonds. The maximum atomic E-state index is 11.4. The molecule has 1 heterocycles. The number of aliphatic carboxylic acids is 1. The van der Waals surface area contributed by atoms with Crippen LogP contribution < -0.4 is 0 Å². The quantitative estimate of drug-likeness (QED) is 0.868. The minimum absolute atomic E-state index is 0.496. The van der Waals surface area contributed by atoms with Crippen molar-refractivity contribution in [1.29, 1.82) is 0 Å². The maximum absolute atomic E-state index is 11.4. The van der Waals surface area contributed by atoms with Gasteiger partial charge < -0.3 is 15.1 Å². The van der Waals surface area contributed by atoms with Gasteiger partial charge in [-0.05, 0) is 25.3 Å². The molecule has 1 atom stereocenters. The molecule has 2 N–H and O–H groups in total. The molecule has 0 aromatic heterocycles. The van der Waals surface area contributed by atoms with Crippen molar-refractivity contribution < 1.29 is 15.0 Å². The summed E-state index contributed by atoms with van der Waals surface area (Å²) in [6.45, 7) is 3.86. The molecule has 1 aromatic rings. The van der Waals surface area contributed by atoms with E-state index in [0.29, 0.717) is 19.4 Å². The van der Waals surface area contributed by atoms with Crippen molar-refractivity contribution in [1.82, 2.24) is 4.90 Å². The third-order valence-corrected chi connectivity index (χ3v) is 3.87. The van der Waals surface area contributed by atoms with Crippen LogP contribution in [0.3, 0.4) is 0 Å². The Bertz CT molecular complexity index is 420. The number of rotatable bonds is 4. The first-order valence-electron chi connectivity index (χ1n) is 6.70. The van der Waals surface area contributed by atoms with Gasteiger partial charge in [0.1, 0.15) is 0 Å². The molecular weight excluding hydrogens is 242 g/mol. The van der Waals surface area contributed by atoms with Crippen LogP contribution in [0.15, 0.2) is 30.3 Å². The second-order valence-corrected chi connectivity index (χ2v) is 5.60. The van der Waals surface area contributed by atoms with Gasteiger partial charge in [0, 0.05) is 19.6 Å². The van der Waals surface area contributed by atoms with Gasteiger partial charge in [0.25, 0.3) is 0 Å². The Kier molecular flexibility index (Phi) is 4.22. The second-order valence-electron chi connectivity index (χ2n) is 5.60. The molecule has 0 bridgehead atoms. The number of likely N-dealkylation sites (tertiary alicyclic amines) is 1. The fourth-order valence-electron chi connectivity index (χ4n) is 2.49. The molecule has 1 aliphatic rings. The Hall–Kier alpha value is -1.39. The van der Waals surface area contributed by atoms with Gasteiger partial charge in [0.15, 0.2) is 0 Å². The summed E-state index contributed by atoms with van der Waals surface area (Å²) in [6, 6.07) is 9.34. The summed E-state index contributed by atoms with van der Waals surface area (Å²) in [7, 11) is 0. The average Bonchev–Trinajstić information content (AvgIpc) is 2.38. The topological polar surface area (TPSA) is 60.8 Å². The van der Waals surface area contributed by atoms with Crippen molar-refractivity contribution in [3.8, 4) is 0 Å². The number of carbonyl (C=O) groups is 1. The summed E-state index contributed by atoms with van der Waals surface area (Å²) in [5.74, 6) is -1.28. The first-order valence-corrected chi connectivity index (χ1v) is 6.70. The number of hydrogen-bond acceptors (Lipinski definition) is 3. The molecule has 0 aliphatic carbocycles. The number of hydrogen-bond donors (Lipinski definition) is 2. The van der Waals surface area contributed by atoms with Crippen LogP contribution in [0.2, 0.25) is 0 Å². The summed E-state index contributed by atoms with van der Waals surface area (Å²) >= 11 is 0. The molecule has 1 fully saturated rings. The van der Waals surface area contributed by atoms with E-state index in [1.807, 2.05) is 37.3 Å². The lowest BCUT2D eigenvalue weighted by molar-refractivity contribution is -0.139. The Labute approximate surface area is 113 Å². The molecule has 2 rings (SSSR count). The van der Waals surface area contributed by atoms with E-state index >= 15 is 0 Å². The lowest BCUT2D eigenvalue weighted by Gasteiger charge is -2.36. The van der Waals surface area contributed by atoms with Crippen molar-refractivity contribution in [2.45, 2.75) is 31.3 Å². The molecule has 19 heavy (non-hydrogen) atoms. The second kappa shape index (κ2) is 5.72. The molecular formula is C15H21NO3. The smallest absolute Gasteiger partial charge is 0.312 e. The van der Waals surface area contributed by atoms with Gasteiger partial charge in [-0.1, -0.05) is 30.3 Å². The van der Waals surface area contributed by atoms with E-state index in [9.17, 15) is 15.0 Å². The normalized spacial score (nSPS) is 20.9. The highest BCUT2D eigenvalue weighted by molar-refractivity contribution is 5.76. The highest BCUT2D eigenvalue weighted by Crippen LogP contribution is 2.24. The minimum atomic E-state index is -0.788. The monoisotopic (exact) mass is 263 g/mol. The molecule has 4 heteroatoms. The number of nitrogens with zero attached hydrogens (tertiary/aromatic N) is 1. The van der Waals surface area contributed by atoms with Gasteiger partial charge >= 0.3 is 5.97 Å². The molecule has 0 radical (unpaired) electrons. The van der Waals surface area contributed by atoms with Gasteiger partial charge in [-0.25, -0.2) is 0 Å². The van der Waals surface area contributed by atoms with Crippen molar-refractivity contribution in [3.05, 3.63) is 35.9 Å². The molecule has 1 aromatic carbocycles. The van der Waals surface area contributed by atoms with Crippen LogP contribution in [0.25, 0.3) is 0 Å². The lowest BCUT2D eigenvalue weighted by atomic mass is 9.92. The van der Waals surface area contributed by atoms with Gasteiger partial charge in [-0.3, -0.25) is 4.79 Å². The molecule has 1 aliphatic heterocycles. The van der Waals surface area contributed by atoms with Crippen LogP contribution >= 0.6 is 0 Å². The molecule has 0 spiro atoms. The van der Waals surface area contributed by atoms with E-state index in [0.717, 1.165) is 18.7 Å². The number of carboxylic acids is 1. The third kappa shape index (κ3) is 3.78. The van der Waals surface area contributed by atoms with Crippen LogP contribution in [-0.4, -0.2) is 46.3 Å². The van der Waals surface area contributed by atoms with E-state index in [2.05, 4.69) is 4.90 Å². The van der Waals surface area contributed by atoms with E-state index < -0.39 is 17.5 Å². The summed E-state index contributed by atoms with van der Waals surface area (Å²) < 4.78 is 0. The number of piperidine rings is 1. The zero-order valence-corrected chi connectivity index (χ0v) is 11.2. The number of benzene rings is 1. The van der Waals surface area contributed by atoms with E-state index in [-0.39, 0.29) is 0 Å². The summed E-state index contributed by atoms with van der Waals surface area (Å²) in [5.41, 5.74) is 0.245.